The van der Waals surface area contributed by atoms with Crippen LogP contribution in [0, 0.1) is 0 Å². The van der Waals surface area contributed by atoms with E-state index in [9.17, 15) is 9.59 Å². The average molecular weight is 327 g/mol. The molecule has 3 N–H and O–H groups in total. The quantitative estimate of drug-likeness (QED) is 0.650. The van der Waals surface area contributed by atoms with Crippen molar-refractivity contribution in [2.75, 3.05) is 25.0 Å². The highest BCUT2D eigenvalue weighted by molar-refractivity contribution is 9.10. The van der Waals surface area contributed by atoms with Gasteiger partial charge in [0, 0.05) is 23.2 Å². The van der Waals surface area contributed by atoms with Crippen LogP contribution in [0.3, 0.4) is 0 Å². The molecular formula is C12H15BrN4O2. The molecule has 1 aromatic rings. The number of hydrogen-bond donors (Lipinski definition) is 2. The molecule has 6 nitrogen and oxygen atoms in total. The summed E-state index contributed by atoms with van der Waals surface area (Å²) in [5.41, 5.74) is 0.697. The normalized spacial score (nSPS) is 15.6. The minimum Gasteiger partial charge on any atom is -0.325 e. The van der Waals surface area contributed by atoms with Crippen LogP contribution in [0.4, 0.5) is 10.5 Å². The Hall–Kier alpha value is -1.60. The van der Waals surface area contributed by atoms with Gasteiger partial charge in [0.15, 0.2) is 0 Å². The number of benzene rings is 1. The number of hydrazine groups is 1. The second-order valence-electron chi connectivity index (χ2n) is 4.31. The lowest BCUT2D eigenvalue weighted by atomic mass is 10.3. The molecule has 0 unspecified atom stereocenters. The first-order valence-electron chi connectivity index (χ1n) is 5.93. The number of halogens is 1. The Balaban J connectivity index is 1.90. The Kier molecular flexibility index (Phi) is 4.39. The van der Waals surface area contributed by atoms with Crippen molar-refractivity contribution < 1.29 is 9.59 Å². The van der Waals surface area contributed by atoms with E-state index < -0.39 is 0 Å². The zero-order chi connectivity index (χ0) is 13.8. The second-order valence-corrected chi connectivity index (χ2v) is 5.22. The number of nitrogens with one attached hydrogen (secondary N) is 1. The van der Waals surface area contributed by atoms with E-state index in [0.29, 0.717) is 18.8 Å². The molecule has 1 heterocycles. The zero-order valence-electron chi connectivity index (χ0n) is 10.3. The van der Waals surface area contributed by atoms with Gasteiger partial charge in [-0.25, -0.2) is 10.6 Å². The molecule has 0 radical (unpaired) electrons. The van der Waals surface area contributed by atoms with Crippen molar-refractivity contribution in [2.24, 2.45) is 5.84 Å². The van der Waals surface area contributed by atoms with Gasteiger partial charge in [-0.1, -0.05) is 15.9 Å². The van der Waals surface area contributed by atoms with Gasteiger partial charge in [-0.15, -0.1) is 0 Å². The molecule has 3 amide bonds. The summed E-state index contributed by atoms with van der Waals surface area (Å²) in [5, 5.41) is 3.87. The molecule has 0 saturated carbocycles. The van der Waals surface area contributed by atoms with E-state index in [1.54, 1.807) is 12.1 Å². The van der Waals surface area contributed by atoms with Gasteiger partial charge in [-0.2, -0.15) is 0 Å². The van der Waals surface area contributed by atoms with Crippen molar-refractivity contribution in [3.8, 4) is 0 Å². The fraction of sp³-hybridized carbons (Fsp3) is 0.333. The molecule has 7 heteroatoms. The van der Waals surface area contributed by atoms with Crippen molar-refractivity contribution in [1.82, 2.24) is 9.91 Å². The van der Waals surface area contributed by atoms with Crippen LogP contribution < -0.4 is 11.2 Å². The van der Waals surface area contributed by atoms with E-state index in [2.05, 4.69) is 21.2 Å². The molecule has 19 heavy (non-hydrogen) atoms. The monoisotopic (exact) mass is 326 g/mol. The van der Waals surface area contributed by atoms with Gasteiger partial charge in [0.05, 0.1) is 0 Å². The van der Waals surface area contributed by atoms with Crippen molar-refractivity contribution in [2.45, 2.75) is 6.42 Å². The van der Waals surface area contributed by atoms with Crippen molar-refractivity contribution in [3.05, 3.63) is 28.7 Å². The minimum absolute atomic E-state index is 0.0165. The SMILES string of the molecule is NN1CCCN(CC(=O)Nc2ccc(Br)cc2)C1=O. The number of carbonyl (C=O) groups is 2. The molecule has 102 valence electrons. The first-order valence-corrected chi connectivity index (χ1v) is 6.72. The largest absolute Gasteiger partial charge is 0.334 e. The molecule has 0 atom stereocenters. The molecule has 2 rings (SSSR count). The fourth-order valence-corrected chi connectivity index (χ4v) is 2.12. The molecule has 1 fully saturated rings. The third-order valence-corrected chi connectivity index (χ3v) is 3.33. The van der Waals surface area contributed by atoms with Crippen LogP contribution >= 0.6 is 15.9 Å². The summed E-state index contributed by atoms with van der Waals surface area (Å²) in [4.78, 5) is 25.0. The van der Waals surface area contributed by atoms with Crippen LogP contribution in [0.2, 0.25) is 0 Å². The lowest BCUT2D eigenvalue weighted by molar-refractivity contribution is -0.117. The maximum Gasteiger partial charge on any atom is 0.334 e. The summed E-state index contributed by atoms with van der Waals surface area (Å²) in [6.07, 6.45) is 0.772. The van der Waals surface area contributed by atoms with Gasteiger partial charge in [-0.3, -0.25) is 9.80 Å². The van der Waals surface area contributed by atoms with Crippen molar-refractivity contribution in [3.63, 3.8) is 0 Å². The number of anilines is 1. The van der Waals surface area contributed by atoms with Crippen LogP contribution in [0.25, 0.3) is 0 Å². The summed E-state index contributed by atoms with van der Waals surface area (Å²) in [5.74, 6) is 5.29. The molecular weight excluding hydrogens is 312 g/mol. The lowest BCUT2D eigenvalue weighted by Gasteiger charge is -2.32. The molecule has 0 aliphatic carbocycles. The molecule has 0 spiro atoms. The highest BCUT2D eigenvalue weighted by Gasteiger charge is 2.24. The molecule has 1 aromatic carbocycles. The number of urea groups is 1. The summed E-state index contributed by atoms with van der Waals surface area (Å²) >= 11 is 3.32. The molecule has 0 aromatic heterocycles. The average Bonchev–Trinajstić information content (AvgIpc) is 2.38. The minimum atomic E-state index is -0.308. The molecule has 0 bridgehead atoms. The summed E-state index contributed by atoms with van der Waals surface area (Å²) in [7, 11) is 0. The Morgan fingerprint density at radius 3 is 2.68 bits per heavy atom. The predicted octanol–water partition coefficient (Wildman–Crippen LogP) is 1.39. The first-order chi connectivity index (χ1) is 9.06. The number of hydrogen-bond acceptors (Lipinski definition) is 3. The molecule has 1 aliphatic rings. The standard InChI is InChI=1S/C12H15BrN4O2/c13-9-2-4-10(5-3-9)15-11(18)8-16-6-1-7-17(14)12(16)19/h2-5H,1,6-8,14H2,(H,15,18). The number of rotatable bonds is 3. The molecule has 1 aliphatic heterocycles. The van der Waals surface area contributed by atoms with Crippen molar-refractivity contribution >= 4 is 33.6 Å². The number of nitrogens with zero attached hydrogens (tertiary/aromatic N) is 2. The summed E-state index contributed by atoms with van der Waals surface area (Å²) in [6.45, 7) is 1.10. The Labute approximate surface area is 119 Å². The summed E-state index contributed by atoms with van der Waals surface area (Å²) < 4.78 is 0.940. The van der Waals surface area contributed by atoms with Crippen LogP contribution in [0.1, 0.15) is 6.42 Å². The van der Waals surface area contributed by atoms with Gasteiger partial charge in [0.1, 0.15) is 6.54 Å². The topological polar surface area (TPSA) is 78.7 Å². The number of nitrogens with two attached hydrogens (primary N) is 1. The lowest BCUT2D eigenvalue weighted by Crippen LogP contribution is -2.54. The Morgan fingerprint density at radius 1 is 1.32 bits per heavy atom. The predicted molar refractivity (Wildman–Crippen MR) is 75.3 cm³/mol. The summed E-state index contributed by atoms with van der Waals surface area (Å²) in [6, 6.07) is 6.94. The van der Waals surface area contributed by atoms with E-state index in [0.717, 1.165) is 15.9 Å². The van der Waals surface area contributed by atoms with Crippen molar-refractivity contribution in [1.29, 1.82) is 0 Å². The fourth-order valence-electron chi connectivity index (χ4n) is 1.86. The highest BCUT2D eigenvalue weighted by atomic mass is 79.9. The van der Waals surface area contributed by atoms with Gasteiger partial charge >= 0.3 is 6.03 Å². The zero-order valence-corrected chi connectivity index (χ0v) is 11.9. The van der Waals surface area contributed by atoms with Crippen LogP contribution in [0.5, 0.6) is 0 Å². The van der Waals surface area contributed by atoms with Gasteiger partial charge < -0.3 is 10.2 Å². The number of amides is 3. The van der Waals surface area contributed by atoms with E-state index in [1.165, 1.54) is 4.90 Å². The third-order valence-electron chi connectivity index (χ3n) is 2.81. The van der Waals surface area contributed by atoms with Gasteiger partial charge in [-0.05, 0) is 30.7 Å². The Bertz CT molecular complexity index is 477. The molecule has 1 saturated heterocycles. The maximum atomic E-state index is 11.8. The Morgan fingerprint density at radius 2 is 2.00 bits per heavy atom. The first kappa shape index (κ1) is 13.8. The van der Waals surface area contributed by atoms with E-state index in [4.69, 9.17) is 5.84 Å². The smallest absolute Gasteiger partial charge is 0.325 e. The van der Waals surface area contributed by atoms with Crippen LogP contribution in [0.15, 0.2) is 28.7 Å². The second kappa shape index (κ2) is 6.03. The highest BCUT2D eigenvalue weighted by Crippen LogP contribution is 2.14. The van der Waals surface area contributed by atoms with E-state index in [-0.39, 0.29) is 18.5 Å². The number of carbonyl (C=O) groups excluding carboxylic acids is 2. The maximum absolute atomic E-state index is 11.8. The van der Waals surface area contributed by atoms with Gasteiger partial charge in [0.25, 0.3) is 0 Å². The van der Waals surface area contributed by atoms with Gasteiger partial charge in [0.2, 0.25) is 5.91 Å². The van der Waals surface area contributed by atoms with E-state index >= 15 is 0 Å². The van der Waals surface area contributed by atoms with Crippen LogP contribution in [-0.4, -0.2) is 41.5 Å². The van der Waals surface area contributed by atoms with Crippen LogP contribution in [-0.2, 0) is 4.79 Å². The third kappa shape index (κ3) is 3.68. The van der Waals surface area contributed by atoms with E-state index in [1.807, 2.05) is 12.1 Å².